The first kappa shape index (κ1) is 17.7. The van der Waals surface area contributed by atoms with Crippen LogP contribution in [-0.2, 0) is 9.59 Å². The Kier molecular flexibility index (Phi) is 5.80. The van der Waals surface area contributed by atoms with Crippen LogP contribution in [0.4, 0.5) is 0 Å². The van der Waals surface area contributed by atoms with E-state index in [0.29, 0.717) is 25.0 Å². The lowest BCUT2D eigenvalue weighted by atomic mass is 9.86. The molecule has 1 aliphatic carbocycles. The summed E-state index contributed by atoms with van der Waals surface area (Å²) < 4.78 is 0. The molecule has 2 heterocycles. The van der Waals surface area contributed by atoms with Crippen LogP contribution in [0.1, 0.15) is 58.8 Å². The van der Waals surface area contributed by atoms with E-state index in [1.165, 1.54) is 12.8 Å². The zero-order valence-electron chi connectivity index (χ0n) is 15.3. The number of amides is 2. The average Bonchev–Trinajstić information content (AvgIpc) is 3.23. The molecule has 0 bridgehead atoms. The molecular formula is C19H33N3O2. The van der Waals surface area contributed by atoms with Crippen molar-refractivity contribution >= 4 is 11.8 Å². The summed E-state index contributed by atoms with van der Waals surface area (Å²) in [6.45, 7) is 7.78. The van der Waals surface area contributed by atoms with Crippen molar-refractivity contribution in [2.75, 3.05) is 26.2 Å². The smallest absolute Gasteiger partial charge is 0.228 e. The van der Waals surface area contributed by atoms with Crippen molar-refractivity contribution in [1.82, 2.24) is 15.1 Å². The Hall–Kier alpha value is -1.10. The number of carbonyl (C=O) groups excluding carboxylic acids is 2. The van der Waals surface area contributed by atoms with Crippen molar-refractivity contribution in [1.29, 1.82) is 0 Å². The summed E-state index contributed by atoms with van der Waals surface area (Å²) >= 11 is 0. The van der Waals surface area contributed by atoms with Crippen LogP contribution in [0, 0.1) is 11.8 Å². The largest absolute Gasteiger partial charge is 0.339 e. The van der Waals surface area contributed by atoms with Gasteiger partial charge in [-0.25, -0.2) is 0 Å². The monoisotopic (exact) mass is 335 g/mol. The summed E-state index contributed by atoms with van der Waals surface area (Å²) in [6, 6.07) is 0.691. The first-order valence-electron chi connectivity index (χ1n) is 9.90. The molecule has 1 saturated carbocycles. The van der Waals surface area contributed by atoms with Gasteiger partial charge in [0.25, 0.3) is 0 Å². The van der Waals surface area contributed by atoms with Crippen LogP contribution in [0.5, 0.6) is 0 Å². The molecule has 2 saturated heterocycles. The number of hydrogen-bond acceptors (Lipinski definition) is 3. The van der Waals surface area contributed by atoms with Gasteiger partial charge in [0, 0.05) is 38.1 Å². The van der Waals surface area contributed by atoms with Crippen LogP contribution < -0.4 is 5.32 Å². The quantitative estimate of drug-likeness (QED) is 0.836. The normalized spacial score (nSPS) is 33.9. The molecule has 24 heavy (non-hydrogen) atoms. The number of hydrogen-bond donors (Lipinski definition) is 1. The van der Waals surface area contributed by atoms with Gasteiger partial charge in [0.15, 0.2) is 0 Å². The lowest BCUT2D eigenvalue weighted by molar-refractivity contribution is -0.137. The van der Waals surface area contributed by atoms with Crippen LogP contribution in [0.3, 0.4) is 0 Å². The standard InChI is InChI=1S/C19H33N3O2/c1-3-10-21(17-8-9-20-12-17)19(24)15-11-18(23)22(13-15)16-6-4-14(2)5-7-16/h14-17,20H,3-13H2,1-2H3. The fourth-order valence-corrected chi connectivity index (χ4v) is 4.66. The molecule has 0 aromatic carbocycles. The second-order valence-electron chi connectivity index (χ2n) is 8.04. The first-order valence-corrected chi connectivity index (χ1v) is 9.90. The highest BCUT2D eigenvalue weighted by Crippen LogP contribution is 2.32. The van der Waals surface area contributed by atoms with Gasteiger partial charge in [0.05, 0.1) is 5.92 Å². The second-order valence-corrected chi connectivity index (χ2v) is 8.04. The predicted molar refractivity (Wildman–Crippen MR) is 94.5 cm³/mol. The van der Waals surface area contributed by atoms with Crippen molar-refractivity contribution in [3.63, 3.8) is 0 Å². The third kappa shape index (κ3) is 3.76. The van der Waals surface area contributed by atoms with Gasteiger partial charge in [0.1, 0.15) is 0 Å². The summed E-state index contributed by atoms with van der Waals surface area (Å²) in [5, 5.41) is 3.36. The predicted octanol–water partition coefficient (Wildman–Crippen LogP) is 2.01. The van der Waals surface area contributed by atoms with Crippen molar-refractivity contribution in [3.8, 4) is 0 Å². The number of nitrogens with zero attached hydrogens (tertiary/aromatic N) is 2. The van der Waals surface area contributed by atoms with Gasteiger partial charge in [-0.2, -0.15) is 0 Å². The Bertz CT molecular complexity index is 454. The summed E-state index contributed by atoms with van der Waals surface area (Å²) in [6.07, 6.45) is 7.08. The van der Waals surface area contributed by atoms with Crippen LogP contribution >= 0.6 is 0 Å². The molecule has 3 aliphatic rings. The third-order valence-corrected chi connectivity index (χ3v) is 6.16. The van der Waals surface area contributed by atoms with Gasteiger partial charge in [-0.15, -0.1) is 0 Å². The molecule has 0 aromatic heterocycles. The Morgan fingerprint density at radius 2 is 2.00 bits per heavy atom. The minimum absolute atomic E-state index is 0.121. The highest BCUT2D eigenvalue weighted by molar-refractivity contribution is 5.89. The maximum absolute atomic E-state index is 13.1. The highest BCUT2D eigenvalue weighted by atomic mass is 16.2. The summed E-state index contributed by atoms with van der Waals surface area (Å²) in [4.78, 5) is 29.7. The molecule has 0 radical (unpaired) electrons. The van der Waals surface area contributed by atoms with E-state index in [-0.39, 0.29) is 17.7 Å². The van der Waals surface area contributed by atoms with Gasteiger partial charge < -0.3 is 15.1 Å². The molecule has 0 aromatic rings. The number of carbonyl (C=O) groups is 2. The van der Waals surface area contributed by atoms with Crippen LogP contribution in [0.15, 0.2) is 0 Å². The summed E-state index contributed by atoms with van der Waals surface area (Å²) in [7, 11) is 0. The van der Waals surface area contributed by atoms with Crippen LogP contribution in [0.25, 0.3) is 0 Å². The van der Waals surface area contributed by atoms with E-state index in [1.54, 1.807) is 0 Å². The number of nitrogens with one attached hydrogen (secondary N) is 1. The Morgan fingerprint density at radius 3 is 2.62 bits per heavy atom. The molecule has 2 unspecified atom stereocenters. The summed E-state index contributed by atoms with van der Waals surface area (Å²) in [5.41, 5.74) is 0. The Labute approximate surface area is 146 Å². The van der Waals surface area contributed by atoms with E-state index in [0.717, 1.165) is 51.2 Å². The summed E-state index contributed by atoms with van der Waals surface area (Å²) in [5.74, 6) is 1.08. The van der Waals surface area contributed by atoms with E-state index in [2.05, 4.69) is 24.1 Å². The molecular weight excluding hydrogens is 302 g/mol. The minimum atomic E-state index is -0.121. The zero-order valence-corrected chi connectivity index (χ0v) is 15.3. The van der Waals surface area contributed by atoms with Gasteiger partial charge in [0.2, 0.25) is 11.8 Å². The Morgan fingerprint density at radius 1 is 1.25 bits per heavy atom. The van der Waals surface area contributed by atoms with Crippen molar-refractivity contribution < 1.29 is 9.59 Å². The van der Waals surface area contributed by atoms with Crippen LogP contribution in [-0.4, -0.2) is 59.9 Å². The zero-order chi connectivity index (χ0) is 17.1. The molecule has 3 fully saturated rings. The molecule has 2 aliphatic heterocycles. The maximum atomic E-state index is 13.1. The molecule has 2 atom stereocenters. The molecule has 3 rings (SSSR count). The molecule has 5 heteroatoms. The molecule has 136 valence electrons. The highest BCUT2D eigenvalue weighted by Gasteiger charge is 2.41. The third-order valence-electron chi connectivity index (χ3n) is 6.16. The van der Waals surface area contributed by atoms with Crippen molar-refractivity contribution in [2.45, 2.75) is 70.9 Å². The number of rotatable bonds is 5. The van der Waals surface area contributed by atoms with E-state index in [9.17, 15) is 9.59 Å². The van der Waals surface area contributed by atoms with E-state index in [1.807, 2.05) is 4.90 Å². The molecule has 1 N–H and O–H groups in total. The van der Waals surface area contributed by atoms with Gasteiger partial charge in [-0.3, -0.25) is 9.59 Å². The van der Waals surface area contributed by atoms with Crippen LogP contribution in [0.2, 0.25) is 0 Å². The lowest BCUT2D eigenvalue weighted by Gasteiger charge is -2.34. The maximum Gasteiger partial charge on any atom is 0.228 e. The Balaban J connectivity index is 1.62. The van der Waals surface area contributed by atoms with Gasteiger partial charge in [-0.05, 0) is 51.0 Å². The average molecular weight is 335 g/mol. The van der Waals surface area contributed by atoms with Gasteiger partial charge >= 0.3 is 0 Å². The van der Waals surface area contributed by atoms with Crippen molar-refractivity contribution in [3.05, 3.63) is 0 Å². The molecule has 5 nitrogen and oxygen atoms in total. The van der Waals surface area contributed by atoms with E-state index >= 15 is 0 Å². The molecule has 0 spiro atoms. The van der Waals surface area contributed by atoms with Crippen molar-refractivity contribution in [2.24, 2.45) is 11.8 Å². The first-order chi connectivity index (χ1) is 11.6. The van der Waals surface area contributed by atoms with E-state index < -0.39 is 0 Å². The fourth-order valence-electron chi connectivity index (χ4n) is 4.66. The lowest BCUT2D eigenvalue weighted by Crippen LogP contribution is -2.46. The van der Waals surface area contributed by atoms with E-state index in [4.69, 9.17) is 0 Å². The SMILES string of the molecule is CCCN(C(=O)C1CC(=O)N(C2CCC(C)CC2)C1)C1CCNC1. The van der Waals surface area contributed by atoms with Gasteiger partial charge in [-0.1, -0.05) is 13.8 Å². The number of likely N-dealkylation sites (tertiary alicyclic amines) is 1. The second kappa shape index (κ2) is 7.85. The molecule has 2 amide bonds. The fraction of sp³-hybridized carbons (Fsp3) is 0.895. The minimum Gasteiger partial charge on any atom is -0.339 e. The topological polar surface area (TPSA) is 52.7 Å².